The third kappa shape index (κ3) is 5.56. The van der Waals surface area contributed by atoms with Gasteiger partial charge in [0.25, 0.3) is 5.91 Å². The number of carboxylic acid groups (broad SMARTS) is 2. The molecular weight excluding hydrogens is 478 g/mol. The number of carbonyl (C=O) groups is 4. The molecule has 0 bridgehead atoms. The normalized spacial score (nSPS) is 30.1. The number of fused-ring (bicyclic) bond motifs is 2. The van der Waals surface area contributed by atoms with E-state index in [1.54, 1.807) is 18.2 Å². The van der Waals surface area contributed by atoms with Crippen molar-refractivity contribution >= 4 is 23.8 Å². The van der Waals surface area contributed by atoms with Crippen LogP contribution in [0.15, 0.2) is 47.6 Å². The molecule has 1 heterocycles. The fourth-order valence-corrected chi connectivity index (χ4v) is 6.62. The summed E-state index contributed by atoms with van der Waals surface area (Å²) in [5.74, 6) is -3.94. The Kier molecular flexibility index (Phi) is 8.47. The maximum Gasteiger partial charge on any atom is 0.331 e. The molecule has 1 amide bonds. The van der Waals surface area contributed by atoms with Crippen molar-refractivity contribution < 1.29 is 39.2 Å². The van der Waals surface area contributed by atoms with Crippen LogP contribution in [0.25, 0.3) is 0 Å². The number of nitrogens with zero attached hydrogens (tertiary/aromatic N) is 1. The largest absolute Gasteiger partial charge is 0.481 e. The number of aliphatic hydroxyl groups excluding tert-OH is 1. The Bertz CT molecular complexity index is 1070. The number of hydrogen-bond donors (Lipinski definition) is 3. The van der Waals surface area contributed by atoms with Gasteiger partial charge in [-0.05, 0) is 37.2 Å². The smallest absolute Gasteiger partial charge is 0.331 e. The van der Waals surface area contributed by atoms with E-state index in [2.05, 4.69) is 0 Å². The van der Waals surface area contributed by atoms with Crippen molar-refractivity contribution in [2.24, 2.45) is 16.7 Å². The predicted molar refractivity (Wildman–Crippen MR) is 135 cm³/mol. The van der Waals surface area contributed by atoms with Gasteiger partial charge in [0.15, 0.2) is 0 Å². The van der Waals surface area contributed by atoms with Crippen LogP contribution in [0.3, 0.4) is 0 Å². The van der Waals surface area contributed by atoms with Gasteiger partial charge in [0.05, 0.1) is 0 Å². The van der Waals surface area contributed by atoms with Gasteiger partial charge >= 0.3 is 17.9 Å². The number of rotatable bonds is 9. The van der Waals surface area contributed by atoms with Gasteiger partial charge in [0.1, 0.15) is 18.2 Å². The number of ether oxygens (including phenoxy) is 1. The second-order valence-corrected chi connectivity index (χ2v) is 11.0. The zero-order valence-corrected chi connectivity index (χ0v) is 21.8. The van der Waals surface area contributed by atoms with Crippen molar-refractivity contribution in [1.82, 2.24) is 4.90 Å². The number of carboxylic acids is 2. The van der Waals surface area contributed by atoms with E-state index in [-0.39, 0.29) is 24.3 Å². The molecule has 5 atom stereocenters. The van der Waals surface area contributed by atoms with Gasteiger partial charge in [-0.25, -0.2) is 9.59 Å². The minimum absolute atomic E-state index is 0.148. The van der Waals surface area contributed by atoms with Crippen molar-refractivity contribution in [3.05, 3.63) is 47.6 Å². The lowest BCUT2D eigenvalue weighted by atomic mass is 9.49. The molecule has 1 saturated carbocycles. The SMILES string of the molecule is CC=CC=CC=CC(=O)OC1C(O)C2=C(C(=O)N(C(CCC(=O)O)C(=O)O)C2)C2(C)CCCC(C)(C)C12. The molecule has 2 aliphatic carbocycles. The fraction of sp³-hybridized carbons (Fsp3) is 0.571. The van der Waals surface area contributed by atoms with Crippen LogP contribution in [-0.2, 0) is 23.9 Å². The maximum absolute atomic E-state index is 13.7. The molecule has 9 nitrogen and oxygen atoms in total. The van der Waals surface area contributed by atoms with Crippen molar-refractivity contribution in [1.29, 1.82) is 0 Å². The van der Waals surface area contributed by atoms with Crippen LogP contribution in [0.5, 0.6) is 0 Å². The van der Waals surface area contributed by atoms with Crippen LogP contribution in [0.4, 0.5) is 0 Å². The van der Waals surface area contributed by atoms with Crippen molar-refractivity contribution in [3.63, 3.8) is 0 Å². The molecular formula is C28H37NO8. The van der Waals surface area contributed by atoms with Crippen LogP contribution >= 0.6 is 0 Å². The summed E-state index contributed by atoms with van der Waals surface area (Å²) >= 11 is 0. The molecule has 3 rings (SSSR count). The molecule has 1 fully saturated rings. The lowest BCUT2D eigenvalue weighted by Crippen LogP contribution is -2.58. The van der Waals surface area contributed by atoms with E-state index in [0.717, 1.165) is 17.7 Å². The van der Waals surface area contributed by atoms with Crippen LogP contribution in [-0.4, -0.2) is 68.8 Å². The standard InChI is InChI=1S/C28H37NO8/c1-5-6-7-8-9-11-20(32)37-23-22(33)17-16-29(18(26(35)36)12-13-19(30)31)25(34)21(17)28(4)15-10-14-27(2,3)24(23)28/h5-9,11,18,22-24,33H,10,12-16H2,1-4H3,(H,30,31)(H,35,36). The number of aliphatic hydroxyl groups is 1. The first-order valence-corrected chi connectivity index (χ1v) is 12.7. The van der Waals surface area contributed by atoms with Gasteiger partial charge in [-0.2, -0.15) is 0 Å². The van der Waals surface area contributed by atoms with Crippen molar-refractivity contribution in [2.45, 2.75) is 78.0 Å². The molecule has 0 aromatic rings. The van der Waals surface area contributed by atoms with E-state index in [1.165, 1.54) is 6.08 Å². The molecule has 202 valence electrons. The predicted octanol–water partition coefficient (Wildman–Crippen LogP) is 3.25. The molecule has 3 N–H and O–H groups in total. The zero-order valence-electron chi connectivity index (χ0n) is 21.8. The van der Waals surface area contributed by atoms with E-state index in [4.69, 9.17) is 9.84 Å². The second kappa shape index (κ2) is 11.0. The summed E-state index contributed by atoms with van der Waals surface area (Å²) < 4.78 is 5.86. The Morgan fingerprint density at radius 3 is 2.41 bits per heavy atom. The summed E-state index contributed by atoms with van der Waals surface area (Å²) in [6.07, 6.45) is 9.32. The highest BCUT2D eigenvalue weighted by atomic mass is 16.6. The summed E-state index contributed by atoms with van der Waals surface area (Å²) in [6, 6.07) is -1.34. The van der Waals surface area contributed by atoms with E-state index in [9.17, 15) is 29.4 Å². The minimum Gasteiger partial charge on any atom is -0.481 e. The molecule has 9 heteroatoms. The molecule has 37 heavy (non-hydrogen) atoms. The fourth-order valence-electron chi connectivity index (χ4n) is 6.62. The van der Waals surface area contributed by atoms with Gasteiger partial charge in [0, 0.05) is 35.9 Å². The van der Waals surface area contributed by atoms with Gasteiger partial charge in [-0.1, -0.05) is 57.6 Å². The third-order valence-corrected chi connectivity index (χ3v) is 8.05. The molecule has 0 saturated heterocycles. The minimum atomic E-state index is -1.34. The van der Waals surface area contributed by atoms with Crippen LogP contribution in [0, 0.1) is 16.7 Å². The van der Waals surface area contributed by atoms with Gasteiger partial charge < -0.3 is 25.0 Å². The first kappa shape index (κ1) is 28.4. The lowest BCUT2D eigenvalue weighted by molar-refractivity contribution is -0.170. The van der Waals surface area contributed by atoms with Gasteiger partial charge in [-0.15, -0.1) is 0 Å². The highest BCUT2D eigenvalue weighted by Crippen LogP contribution is 2.61. The first-order valence-electron chi connectivity index (χ1n) is 12.7. The summed E-state index contributed by atoms with van der Waals surface area (Å²) in [5.41, 5.74) is -0.386. The van der Waals surface area contributed by atoms with Crippen LogP contribution in [0.2, 0.25) is 0 Å². The van der Waals surface area contributed by atoms with Gasteiger partial charge in [0.2, 0.25) is 0 Å². The Balaban J connectivity index is 1.98. The van der Waals surface area contributed by atoms with Crippen LogP contribution in [0.1, 0.15) is 59.8 Å². The van der Waals surface area contributed by atoms with E-state index < -0.39 is 53.9 Å². The first-order chi connectivity index (χ1) is 17.3. The molecule has 5 unspecified atom stereocenters. The Labute approximate surface area is 217 Å². The van der Waals surface area contributed by atoms with Crippen molar-refractivity contribution in [2.75, 3.05) is 6.54 Å². The number of aliphatic carboxylic acids is 2. The highest BCUT2D eigenvalue weighted by Gasteiger charge is 2.62. The average molecular weight is 516 g/mol. The maximum atomic E-state index is 13.7. The Hall–Kier alpha value is -3.20. The quantitative estimate of drug-likeness (QED) is 0.241. The van der Waals surface area contributed by atoms with E-state index >= 15 is 0 Å². The molecule has 3 aliphatic rings. The van der Waals surface area contributed by atoms with E-state index in [0.29, 0.717) is 17.6 Å². The highest BCUT2D eigenvalue weighted by molar-refractivity contribution is 6.01. The van der Waals surface area contributed by atoms with Crippen molar-refractivity contribution in [3.8, 4) is 0 Å². The number of hydrogen-bond acceptors (Lipinski definition) is 6. The monoisotopic (exact) mass is 515 g/mol. The topological polar surface area (TPSA) is 141 Å². The molecule has 0 spiro atoms. The summed E-state index contributed by atoms with van der Waals surface area (Å²) in [5, 5.41) is 30.4. The third-order valence-electron chi connectivity index (χ3n) is 8.05. The molecule has 0 aromatic heterocycles. The molecule has 0 radical (unpaired) electrons. The van der Waals surface area contributed by atoms with E-state index in [1.807, 2.05) is 39.8 Å². The summed E-state index contributed by atoms with van der Waals surface area (Å²) in [4.78, 5) is 50.7. The zero-order chi connectivity index (χ0) is 27.5. The summed E-state index contributed by atoms with van der Waals surface area (Å²) in [6.45, 7) is 7.73. The lowest BCUT2D eigenvalue weighted by Gasteiger charge is -2.57. The number of amides is 1. The molecule has 1 aliphatic heterocycles. The Morgan fingerprint density at radius 2 is 1.78 bits per heavy atom. The Morgan fingerprint density at radius 1 is 1.11 bits per heavy atom. The number of carbonyl (C=O) groups excluding carboxylic acids is 2. The average Bonchev–Trinajstić information content (AvgIpc) is 3.14. The number of allylic oxidation sites excluding steroid dienone is 5. The second-order valence-electron chi connectivity index (χ2n) is 11.0. The molecule has 0 aromatic carbocycles. The van der Waals surface area contributed by atoms with Gasteiger partial charge in [-0.3, -0.25) is 9.59 Å². The van der Waals surface area contributed by atoms with Crippen LogP contribution < -0.4 is 0 Å². The number of esters is 1. The summed E-state index contributed by atoms with van der Waals surface area (Å²) in [7, 11) is 0.